The van der Waals surface area contributed by atoms with Crippen LogP contribution in [0.4, 0.5) is 4.39 Å². The highest BCUT2D eigenvalue weighted by atomic mass is 19.1. The lowest BCUT2D eigenvalue weighted by molar-refractivity contribution is -0.142. The summed E-state index contributed by atoms with van der Waals surface area (Å²) in [5.41, 5.74) is 1.64. The van der Waals surface area contributed by atoms with E-state index in [2.05, 4.69) is 5.32 Å². The van der Waals surface area contributed by atoms with E-state index in [-0.39, 0.29) is 30.8 Å². The molecule has 36 heavy (non-hydrogen) atoms. The van der Waals surface area contributed by atoms with Gasteiger partial charge in [-0.1, -0.05) is 67.9 Å². The van der Waals surface area contributed by atoms with E-state index >= 15 is 0 Å². The van der Waals surface area contributed by atoms with Crippen LogP contribution in [0.2, 0.25) is 0 Å². The van der Waals surface area contributed by atoms with Crippen LogP contribution in [0.3, 0.4) is 0 Å². The van der Waals surface area contributed by atoms with Crippen molar-refractivity contribution < 1.29 is 23.5 Å². The Kier molecular flexibility index (Phi) is 10.3. The number of nitrogens with one attached hydrogen (secondary N) is 1. The fourth-order valence-electron chi connectivity index (χ4n) is 3.81. The number of unbranched alkanes of at least 4 members (excludes halogenated alkanes) is 1. The van der Waals surface area contributed by atoms with Gasteiger partial charge in [-0.3, -0.25) is 9.59 Å². The predicted octanol–water partition coefficient (Wildman–Crippen LogP) is 4.77. The van der Waals surface area contributed by atoms with Gasteiger partial charge >= 0.3 is 0 Å². The van der Waals surface area contributed by atoms with Gasteiger partial charge < -0.3 is 19.7 Å². The Morgan fingerprint density at radius 3 is 2.25 bits per heavy atom. The normalized spacial score (nSPS) is 11.4. The van der Waals surface area contributed by atoms with Gasteiger partial charge in [0.25, 0.3) is 5.91 Å². The van der Waals surface area contributed by atoms with Gasteiger partial charge in [-0.25, -0.2) is 4.39 Å². The van der Waals surface area contributed by atoms with Crippen LogP contribution in [-0.2, 0) is 22.6 Å². The summed E-state index contributed by atoms with van der Waals surface area (Å²) < 4.78 is 24.6. The summed E-state index contributed by atoms with van der Waals surface area (Å²) in [5, 5.41) is 2.97. The van der Waals surface area contributed by atoms with Gasteiger partial charge in [0.05, 0.1) is 7.11 Å². The highest BCUT2D eigenvalue weighted by Gasteiger charge is 2.30. The molecule has 3 aromatic carbocycles. The van der Waals surface area contributed by atoms with Crippen molar-refractivity contribution in [2.75, 3.05) is 20.3 Å². The first-order valence-corrected chi connectivity index (χ1v) is 12.1. The number of hydrogen-bond acceptors (Lipinski definition) is 4. The zero-order chi connectivity index (χ0) is 25.8. The molecule has 0 fully saturated rings. The number of para-hydroxylation sites is 2. The van der Waals surface area contributed by atoms with Crippen molar-refractivity contribution in [1.29, 1.82) is 0 Å². The van der Waals surface area contributed by atoms with Crippen LogP contribution in [0, 0.1) is 5.82 Å². The molecule has 1 atom stereocenters. The summed E-state index contributed by atoms with van der Waals surface area (Å²) in [7, 11) is 1.53. The first kappa shape index (κ1) is 26.7. The van der Waals surface area contributed by atoms with Crippen molar-refractivity contribution in [2.45, 2.75) is 38.8 Å². The number of nitrogens with zero attached hydrogens (tertiary/aromatic N) is 1. The molecule has 0 aliphatic rings. The maximum absolute atomic E-state index is 13.6. The molecule has 2 amide bonds. The average molecular weight is 493 g/mol. The van der Waals surface area contributed by atoms with E-state index in [9.17, 15) is 14.0 Å². The number of hydrogen-bond donors (Lipinski definition) is 1. The van der Waals surface area contributed by atoms with E-state index in [0.29, 0.717) is 30.0 Å². The van der Waals surface area contributed by atoms with Gasteiger partial charge in [-0.2, -0.15) is 0 Å². The van der Waals surface area contributed by atoms with Gasteiger partial charge in [0.15, 0.2) is 18.1 Å². The third kappa shape index (κ3) is 7.83. The maximum atomic E-state index is 13.6. The molecule has 0 unspecified atom stereocenters. The summed E-state index contributed by atoms with van der Waals surface area (Å²) in [6, 6.07) is 21.8. The lowest BCUT2D eigenvalue weighted by Gasteiger charge is -2.31. The van der Waals surface area contributed by atoms with Gasteiger partial charge in [0.1, 0.15) is 11.9 Å². The Morgan fingerprint density at radius 2 is 1.58 bits per heavy atom. The van der Waals surface area contributed by atoms with Crippen molar-refractivity contribution in [3.63, 3.8) is 0 Å². The standard InChI is InChI=1S/C29H33FN2O4/c1-3-4-18-31-29(34)25(19-22-10-6-5-7-11-22)32(20-23-14-16-24(30)17-15-23)28(33)21-36-27-13-9-8-12-26(27)35-2/h5-17,25H,3-4,18-21H2,1-2H3,(H,31,34)/t25-/m1/s1. The molecule has 6 nitrogen and oxygen atoms in total. The maximum Gasteiger partial charge on any atom is 0.261 e. The highest BCUT2D eigenvalue weighted by molar-refractivity contribution is 5.88. The molecule has 190 valence electrons. The second kappa shape index (κ2) is 13.9. The topological polar surface area (TPSA) is 67.9 Å². The number of carbonyl (C=O) groups is 2. The first-order chi connectivity index (χ1) is 17.5. The monoisotopic (exact) mass is 492 g/mol. The molecule has 1 N–H and O–H groups in total. The Morgan fingerprint density at radius 1 is 0.917 bits per heavy atom. The molecule has 0 aliphatic heterocycles. The van der Waals surface area contributed by atoms with Crippen LogP contribution < -0.4 is 14.8 Å². The SMILES string of the molecule is CCCCNC(=O)[C@@H](Cc1ccccc1)N(Cc1ccc(F)cc1)C(=O)COc1ccccc1OC. The third-order valence-corrected chi connectivity index (χ3v) is 5.79. The fourth-order valence-corrected chi connectivity index (χ4v) is 3.81. The first-order valence-electron chi connectivity index (χ1n) is 12.1. The lowest BCUT2D eigenvalue weighted by Crippen LogP contribution is -2.51. The van der Waals surface area contributed by atoms with Gasteiger partial charge in [0.2, 0.25) is 5.91 Å². The molecular formula is C29H33FN2O4. The third-order valence-electron chi connectivity index (χ3n) is 5.79. The predicted molar refractivity (Wildman–Crippen MR) is 137 cm³/mol. The number of amides is 2. The van der Waals surface area contributed by atoms with Crippen molar-refractivity contribution >= 4 is 11.8 Å². The number of rotatable bonds is 13. The van der Waals surface area contributed by atoms with E-state index in [1.165, 1.54) is 24.1 Å². The zero-order valence-corrected chi connectivity index (χ0v) is 20.8. The van der Waals surface area contributed by atoms with E-state index < -0.39 is 6.04 Å². The highest BCUT2D eigenvalue weighted by Crippen LogP contribution is 2.26. The molecule has 0 spiro atoms. The van der Waals surface area contributed by atoms with Crippen LogP contribution >= 0.6 is 0 Å². The van der Waals surface area contributed by atoms with Crippen LogP contribution in [0.1, 0.15) is 30.9 Å². The Balaban J connectivity index is 1.89. The molecule has 0 saturated heterocycles. The van der Waals surface area contributed by atoms with Gasteiger partial charge in [-0.05, 0) is 41.8 Å². The lowest BCUT2D eigenvalue weighted by atomic mass is 10.0. The number of ether oxygens (including phenoxy) is 2. The van der Waals surface area contributed by atoms with Crippen molar-refractivity contribution in [2.24, 2.45) is 0 Å². The van der Waals surface area contributed by atoms with Crippen LogP contribution in [0.15, 0.2) is 78.9 Å². The van der Waals surface area contributed by atoms with Crippen molar-refractivity contribution in [3.8, 4) is 11.5 Å². The summed E-state index contributed by atoms with van der Waals surface area (Å²) >= 11 is 0. The molecule has 3 aromatic rings. The second-order valence-corrected chi connectivity index (χ2v) is 8.44. The molecule has 0 aromatic heterocycles. The average Bonchev–Trinajstić information content (AvgIpc) is 2.91. The van der Waals surface area contributed by atoms with E-state index in [0.717, 1.165) is 18.4 Å². The molecular weight excluding hydrogens is 459 g/mol. The Labute approximate surface area is 212 Å². The minimum absolute atomic E-state index is 0.132. The molecule has 0 aliphatic carbocycles. The summed E-state index contributed by atoms with van der Waals surface area (Å²) in [6.07, 6.45) is 2.11. The van der Waals surface area contributed by atoms with Gasteiger partial charge in [0, 0.05) is 19.5 Å². The largest absolute Gasteiger partial charge is 0.493 e. The van der Waals surface area contributed by atoms with E-state index in [1.54, 1.807) is 30.3 Å². The molecule has 0 bridgehead atoms. The van der Waals surface area contributed by atoms with Crippen molar-refractivity contribution in [3.05, 3.63) is 95.8 Å². The minimum atomic E-state index is -0.775. The van der Waals surface area contributed by atoms with Crippen LogP contribution in [0.5, 0.6) is 11.5 Å². The summed E-state index contributed by atoms with van der Waals surface area (Å²) in [6.45, 7) is 2.42. The van der Waals surface area contributed by atoms with E-state index in [1.807, 2.05) is 43.3 Å². The number of halogens is 1. The molecule has 7 heteroatoms. The number of methoxy groups -OCH3 is 1. The quantitative estimate of drug-likeness (QED) is 0.349. The van der Waals surface area contributed by atoms with Crippen LogP contribution in [0.25, 0.3) is 0 Å². The number of benzene rings is 3. The smallest absolute Gasteiger partial charge is 0.261 e. The number of carbonyl (C=O) groups excluding carboxylic acids is 2. The van der Waals surface area contributed by atoms with Crippen molar-refractivity contribution in [1.82, 2.24) is 10.2 Å². The fraction of sp³-hybridized carbons (Fsp3) is 0.310. The summed E-state index contributed by atoms with van der Waals surface area (Å²) in [4.78, 5) is 28.4. The van der Waals surface area contributed by atoms with Gasteiger partial charge in [-0.15, -0.1) is 0 Å². The molecule has 3 rings (SSSR count). The summed E-state index contributed by atoms with van der Waals surface area (Å²) in [5.74, 6) is -0.0262. The van der Waals surface area contributed by atoms with Crippen LogP contribution in [-0.4, -0.2) is 43.0 Å². The molecule has 0 heterocycles. The molecule has 0 saturated carbocycles. The Bertz CT molecular complexity index is 1110. The second-order valence-electron chi connectivity index (χ2n) is 8.44. The molecule has 0 radical (unpaired) electrons. The minimum Gasteiger partial charge on any atom is -0.493 e. The van der Waals surface area contributed by atoms with E-state index in [4.69, 9.17) is 9.47 Å². The Hall–Kier alpha value is -3.87. The zero-order valence-electron chi connectivity index (χ0n) is 20.8.